The van der Waals surface area contributed by atoms with Crippen molar-refractivity contribution in [3.8, 4) is 0 Å². The van der Waals surface area contributed by atoms with Gasteiger partial charge in [0.2, 0.25) is 0 Å². The summed E-state index contributed by atoms with van der Waals surface area (Å²) in [7, 11) is 0. The van der Waals surface area contributed by atoms with Crippen molar-refractivity contribution in [2.45, 2.75) is 24.5 Å². The third-order valence-electron chi connectivity index (χ3n) is 5.56. The van der Waals surface area contributed by atoms with Crippen LogP contribution < -0.4 is 0 Å². The third kappa shape index (κ3) is 3.50. The van der Waals surface area contributed by atoms with Crippen molar-refractivity contribution in [2.75, 3.05) is 32.8 Å². The van der Waals surface area contributed by atoms with Crippen molar-refractivity contribution in [3.63, 3.8) is 0 Å². The van der Waals surface area contributed by atoms with Crippen LogP contribution in [0.15, 0.2) is 60.7 Å². The van der Waals surface area contributed by atoms with Gasteiger partial charge in [0.05, 0.1) is 19.3 Å². The van der Waals surface area contributed by atoms with Gasteiger partial charge in [-0.05, 0) is 17.5 Å². The van der Waals surface area contributed by atoms with Gasteiger partial charge in [-0.15, -0.1) is 0 Å². The van der Waals surface area contributed by atoms with Crippen LogP contribution in [0.5, 0.6) is 0 Å². The van der Waals surface area contributed by atoms with Gasteiger partial charge in [0.25, 0.3) is 0 Å². The maximum Gasteiger partial charge on any atom is 0.0622 e. The highest BCUT2D eigenvalue weighted by Gasteiger charge is 2.39. The fourth-order valence-corrected chi connectivity index (χ4v) is 4.19. The highest BCUT2D eigenvalue weighted by Crippen LogP contribution is 2.34. The van der Waals surface area contributed by atoms with E-state index in [1.165, 1.54) is 11.1 Å². The Labute approximate surface area is 151 Å². The summed E-state index contributed by atoms with van der Waals surface area (Å²) >= 11 is 0. The van der Waals surface area contributed by atoms with Crippen molar-refractivity contribution >= 4 is 0 Å². The standard InChI is InChI=1S/C22H27N2O/c1-2-20-17-25-14-13-24(20)21-15-23(16-21)22(18-9-5-3-6-10-18)19-11-7-4-8-12-19/h3-12,20-22H,1-2,13-17H2/t20-/m1/s1. The molecule has 1 atom stereocenters. The van der Waals surface area contributed by atoms with Crippen molar-refractivity contribution in [1.82, 2.24) is 9.80 Å². The monoisotopic (exact) mass is 335 g/mol. The Hall–Kier alpha value is -1.68. The lowest BCUT2D eigenvalue weighted by Crippen LogP contribution is -2.64. The molecule has 2 heterocycles. The van der Waals surface area contributed by atoms with E-state index in [-0.39, 0.29) is 0 Å². The van der Waals surface area contributed by atoms with Crippen molar-refractivity contribution in [1.29, 1.82) is 0 Å². The Morgan fingerprint density at radius 1 is 0.960 bits per heavy atom. The summed E-state index contributed by atoms with van der Waals surface area (Å²) in [5.41, 5.74) is 2.76. The molecule has 0 aliphatic carbocycles. The number of nitrogens with zero attached hydrogens (tertiary/aromatic N) is 2. The first-order chi connectivity index (χ1) is 12.4. The molecule has 2 fully saturated rings. The minimum absolute atomic E-state index is 0.345. The number of morpholine rings is 1. The Kier molecular flexibility index (Phi) is 5.16. The molecule has 0 amide bonds. The molecule has 0 saturated carbocycles. The van der Waals surface area contributed by atoms with Crippen molar-refractivity contribution in [3.05, 3.63) is 78.7 Å². The maximum absolute atomic E-state index is 5.64. The summed E-state index contributed by atoms with van der Waals surface area (Å²) in [5, 5.41) is 0. The van der Waals surface area contributed by atoms with E-state index in [1.807, 2.05) is 0 Å². The van der Waals surface area contributed by atoms with Gasteiger partial charge in [-0.3, -0.25) is 9.80 Å². The molecule has 131 valence electrons. The molecule has 0 aromatic heterocycles. The lowest BCUT2D eigenvalue weighted by molar-refractivity contribution is -0.0739. The summed E-state index contributed by atoms with van der Waals surface area (Å²) in [6, 6.07) is 23.2. The first-order valence-electron chi connectivity index (χ1n) is 9.33. The minimum atomic E-state index is 0.345. The lowest BCUT2D eigenvalue weighted by Gasteiger charge is -2.52. The van der Waals surface area contributed by atoms with Crippen LogP contribution in [0.1, 0.15) is 23.6 Å². The lowest BCUT2D eigenvalue weighted by atomic mass is 9.92. The third-order valence-corrected chi connectivity index (χ3v) is 5.56. The molecule has 0 spiro atoms. The normalized spacial score (nSPS) is 22.9. The molecule has 2 aliphatic heterocycles. The van der Waals surface area contributed by atoms with E-state index < -0.39 is 0 Å². The molecule has 1 radical (unpaired) electrons. The molecule has 2 aliphatic rings. The zero-order valence-corrected chi connectivity index (χ0v) is 14.8. The fourth-order valence-electron chi connectivity index (χ4n) is 4.19. The molecule has 0 N–H and O–H groups in total. The van der Waals surface area contributed by atoms with Gasteiger partial charge in [0.1, 0.15) is 0 Å². The van der Waals surface area contributed by atoms with E-state index in [0.717, 1.165) is 39.3 Å². The van der Waals surface area contributed by atoms with Crippen molar-refractivity contribution in [2.24, 2.45) is 0 Å². The van der Waals surface area contributed by atoms with E-state index in [9.17, 15) is 0 Å². The molecule has 2 aromatic carbocycles. The van der Waals surface area contributed by atoms with Crippen LogP contribution in [-0.4, -0.2) is 54.7 Å². The van der Waals surface area contributed by atoms with Gasteiger partial charge in [0.15, 0.2) is 0 Å². The molecular weight excluding hydrogens is 308 g/mol. The summed E-state index contributed by atoms with van der Waals surface area (Å²) < 4.78 is 5.64. The first-order valence-corrected chi connectivity index (χ1v) is 9.33. The quantitative estimate of drug-likeness (QED) is 0.833. The molecule has 3 heteroatoms. The van der Waals surface area contributed by atoms with Gasteiger partial charge in [-0.1, -0.05) is 67.6 Å². The molecule has 0 bridgehead atoms. The largest absolute Gasteiger partial charge is 0.378 e. The van der Waals surface area contributed by atoms with E-state index in [4.69, 9.17) is 4.74 Å². The van der Waals surface area contributed by atoms with E-state index >= 15 is 0 Å². The van der Waals surface area contributed by atoms with E-state index in [2.05, 4.69) is 77.4 Å². The minimum Gasteiger partial charge on any atom is -0.378 e. The topological polar surface area (TPSA) is 15.7 Å². The summed E-state index contributed by atoms with van der Waals surface area (Å²) in [5.74, 6) is 0. The number of hydrogen-bond donors (Lipinski definition) is 0. The van der Waals surface area contributed by atoms with Gasteiger partial charge in [0, 0.05) is 31.7 Å². The molecule has 2 aromatic rings. The number of ether oxygens (including phenoxy) is 1. The molecule has 3 nitrogen and oxygen atoms in total. The predicted molar refractivity (Wildman–Crippen MR) is 101 cm³/mol. The molecule has 2 saturated heterocycles. The van der Waals surface area contributed by atoms with Gasteiger partial charge < -0.3 is 4.74 Å². The molecule has 4 rings (SSSR count). The molecule has 0 unspecified atom stereocenters. The summed E-state index contributed by atoms with van der Waals surface area (Å²) in [4.78, 5) is 5.23. The molecule has 25 heavy (non-hydrogen) atoms. The SMILES string of the molecule is [CH2]C[C@@H]1COCCN1C1CN(C(c2ccccc2)c2ccccc2)C1. The number of hydrogen-bond acceptors (Lipinski definition) is 3. The maximum atomic E-state index is 5.64. The highest BCUT2D eigenvalue weighted by molar-refractivity contribution is 5.32. The Bertz CT molecular complexity index is 615. The Morgan fingerprint density at radius 3 is 2.12 bits per heavy atom. The predicted octanol–water partition coefficient (Wildman–Crippen LogP) is 3.39. The van der Waals surface area contributed by atoms with Crippen LogP contribution in [0.4, 0.5) is 0 Å². The van der Waals surface area contributed by atoms with Crippen LogP contribution in [0.25, 0.3) is 0 Å². The zero-order chi connectivity index (χ0) is 17.1. The summed E-state index contributed by atoms with van der Waals surface area (Å²) in [6.07, 6.45) is 0.928. The van der Waals surface area contributed by atoms with Crippen LogP contribution in [0.3, 0.4) is 0 Å². The zero-order valence-electron chi connectivity index (χ0n) is 14.8. The van der Waals surface area contributed by atoms with Gasteiger partial charge >= 0.3 is 0 Å². The van der Waals surface area contributed by atoms with E-state index in [1.54, 1.807) is 0 Å². The average Bonchev–Trinajstić information content (AvgIpc) is 2.66. The van der Waals surface area contributed by atoms with Crippen LogP contribution >= 0.6 is 0 Å². The molecular formula is C22H27N2O. The van der Waals surface area contributed by atoms with Gasteiger partial charge in [-0.25, -0.2) is 0 Å². The Morgan fingerprint density at radius 2 is 1.56 bits per heavy atom. The first kappa shape index (κ1) is 16.8. The second kappa shape index (κ2) is 7.69. The van der Waals surface area contributed by atoms with Crippen LogP contribution in [0, 0.1) is 6.92 Å². The van der Waals surface area contributed by atoms with Gasteiger partial charge in [-0.2, -0.15) is 0 Å². The van der Waals surface area contributed by atoms with Crippen LogP contribution in [0.2, 0.25) is 0 Å². The Balaban J connectivity index is 1.51. The van der Waals surface area contributed by atoms with E-state index in [0.29, 0.717) is 18.1 Å². The smallest absolute Gasteiger partial charge is 0.0622 e. The second-order valence-electron chi connectivity index (χ2n) is 7.09. The average molecular weight is 335 g/mol. The number of rotatable bonds is 5. The highest BCUT2D eigenvalue weighted by atomic mass is 16.5. The second-order valence-corrected chi connectivity index (χ2v) is 7.09. The number of benzene rings is 2. The number of likely N-dealkylation sites (tertiary alicyclic amines) is 1. The summed E-state index contributed by atoms with van der Waals surface area (Å²) in [6.45, 7) is 9.08. The van der Waals surface area contributed by atoms with Crippen LogP contribution in [-0.2, 0) is 4.74 Å². The fraction of sp³-hybridized carbons (Fsp3) is 0.409. The van der Waals surface area contributed by atoms with Crippen molar-refractivity contribution < 1.29 is 4.74 Å².